The lowest BCUT2D eigenvalue weighted by molar-refractivity contribution is -0.0910. The highest BCUT2D eigenvalue weighted by Crippen LogP contribution is 2.43. The molecule has 2 heterocycles. The molecule has 110 valence electrons. The standard InChI is InChI=1S/C14H12O7/c15-8-1-6-5-2-9-10(20-4-19-9)3-7(5)14(18)21-13(6)12(17)11(8)16/h1-3,8,11-13,15-17H,4H2/t8-,11+,12+,13+/m0/s1. The first-order valence-corrected chi connectivity index (χ1v) is 6.47. The minimum atomic E-state index is -1.40. The van der Waals surface area contributed by atoms with Gasteiger partial charge in [-0.3, -0.25) is 0 Å². The summed E-state index contributed by atoms with van der Waals surface area (Å²) in [7, 11) is 0. The van der Waals surface area contributed by atoms with Gasteiger partial charge in [0.05, 0.1) is 5.56 Å². The third-order valence-corrected chi connectivity index (χ3v) is 3.94. The smallest absolute Gasteiger partial charge is 0.339 e. The number of aliphatic hydroxyl groups is 3. The van der Waals surface area contributed by atoms with Crippen LogP contribution in [0.4, 0.5) is 0 Å². The van der Waals surface area contributed by atoms with Gasteiger partial charge in [0.25, 0.3) is 0 Å². The van der Waals surface area contributed by atoms with Gasteiger partial charge in [0.15, 0.2) is 17.6 Å². The molecular weight excluding hydrogens is 280 g/mol. The fourth-order valence-electron chi connectivity index (χ4n) is 2.85. The Morgan fingerprint density at radius 1 is 1.00 bits per heavy atom. The molecule has 1 aliphatic carbocycles. The lowest BCUT2D eigenvalue weighted by Crippen LogP contribution is -2.51. The second-order valence-corrected chi connectivity index (χ2v) is 5.17. The van der Waals surface area contributed by atoms with E-state index in [-0.39, 0.29) is 12.4 Å². The second-order valence-electron chi connectivity index (χ2n) is 5.17. The van der Waals surface area contributed by atoms with Gasteiger partial charge in [-0.1, -0.05) is 0 Å². The van der Waals surface area contributed by atoms with Crippen molar-refractivity contribution >= 4 is 11.5 Å². The lowest BCUT2D eigenvalue weighted by atomic mass is 9.82. The zero-order valence-corrected chi connectivity index (χ0v) is 10.7. The number of esters is 1. The lowest BCUT2D eigenvalue weighted by Gasteiger charge is -2.37. The highest BCUT2D eigenvalue weighted by molar-refractivity contribution is 6.00. The van der Waals surface area contributed by atoms with Crippen LogP contribution < -0.4 is 9.47 Å². The zero-order chi connectivity index (χ0) is 14.7. The Morgan fingerprint density at radius 3 is 2.38 bits per heavy atom. The van der Waals surface area contributed by atoms with Gasteiger partial charge in [-0.05, 0) is 23.8 Å². The number of hydrogen-bond donors (Lipinski definition) is 3. The third kappa shape index (κ3) is 1.68. The summed E-state index contributed by atoms with van der Waals surface area (Å²) in [4.78, 5) is 12.1. The SMILES string of the molecule is O=C1O[C@@H]2C(=C[C@H](O)[C@@H](O)[C@H]2O)c2cc3c(cc21)OCO3. The molecule has 0 radical (unpaired) electrons. The molecule has 3 aliphatic rings. The van der Waals surface area contributed by atoms with Crippen LogP contribution in [0.25, 0.3) is 5.57 Å². The molecule has 4 rings (SSSR count). The molecule has 0 saturated carbocycles. The first-order chi connectivity index (χ1) is 10.1. The summed E-state index contributed by atoms with van der Waals surface area (Å²) in [5.74, 6) is 0.313. The van der Waals surface area contributed by atoms with Crippen LogP contribution in [0.2, 0.25) is 0 Å². The number of carbonyl (C=O) groups is 1. The van der Waals surface area contributed by atoms with Gasteiger partial charge in [0.2, 0.25) is 6.79 Å². The van der Waals surface area contributed by atoms with E-state index < -0.39 is 30.4 Å². The normalized spacial score (nSPS) is 32.9. The van der Waals surface area contributed by atoms with Crippen molar-refractivity contribution in [2.45, 2.75) is 24.4 Å². The monoisotopic (exact) mass is 292 g/mol. The van der Waals surface area contributed by atoms with E-state index in [1.54, 1.807) is 6.07 Å². The van der Waals surface area contributed by atoms with Crippen LogP contribution in [-0.4, -0.2) is 52.5 Å². The second kappa shape index (κ2) is 4.20. The molecule has 2 aliphatic heterocycles. The fraction of sp³-hybridized carbons (Fsp3) is 0.357. The van der Waals surface area contributed by atoms with E-state index in [1.807, 2.05) is 0 Å². The molecule has 0 spiro atoms. The molecule has 0 unspecified atom stereocenters. The van der Waals surface area contributed by atoms with Crippen LogP contribution in [-0.2, 0) is 4.74 Å². The van der Waals surface area contributed by atoms with Crippen LogP contribution in [0.3, 0.4) is 0 Å². The Bertz CT molecular complexity index is 666. The molecule has 21 heavy (non-hydrogen) atoms. The number of ether oxygens (including phenoxy) is 3. The van der Waals surface area contributed by atoms with Crippen molar-refractivity contribution in [1.29, 1.82) is 0 Å². The van der Waals surface area contributed by atoms with E-state index in [4.69, 9.17) is 14.2 Å². The van der Waals surface area contributed by atoms with Crippen molar-refractivity contribution in [2.75, 3.05) is 6.79 Å². The fourth-order valence-corrected chi connectivity index (χ4v) is 2.85. The van der Waals surface area contributed by atoms with Crippen molar-refractivity contribution < 1.29 is 34.3 Å². The van der Waals surface area contributed by atoms with E-state index >= 15 is 0 Å². The third-order valence-electron chi connectivity index (χ3n) is 3.94. The van der Waals surface area contributed by atoms with Gasteiger partial charge in [0, 0.05) is 5.57 Å². The summed E-state index contributed by atoms with van der Waals surface area (Å²) in [6.07, 6.45) is -3.65. The molecule has 1 aromatic carbocycles. The quantitative estimate of drug-likeness (QED) is 0.550. The number of benzene rings is 1. The molecular formula is C14H12O7. The first kappa shape index (κ1) is 12.6. The van der Waals surface area contributed by atoms with Crippen LogP contribution >= 0.6 is 0 Å². The molecule has 3 N–H and O–H groups in total. The Morgan fingerprint density at radius 2 is 1.67 bits per heavy atom. The average molecular weight is 292 g/mol. The van der Waals surface area contributed by atoms with Crippen molar-refractivity contribution in [3.05, 3.63) is 29.3 Å². The maximum atomic E-state index is 12.1. The van der Waals surface area contributed by atoms with Gasteiger partial charge in [0.1, 0.15) is 18.3 Å². The molecule has 7 nitrogen and oxygen atoms in total. The van der Waals surface area contributed by atoms with Crippen molar-refractivity contribution in [2.24, 2.45) is 0 Å². The molecule has 0 saturated heterocycles. The number of fused-ring (bicyclic) bond motifs is 4. The molecule has 7 heteroatoms. The highest BCUT2D eigenvalue weighted by Gasteiger charge is 2.44. The van der Waals surface area contributed by atoms with E-state index in [2.05, 4.69) is 0 Å². The summed E-state index contributed by atoms with van der Waals surface area (Å²) >= 11 is 0. The Labute approximate surface area is 119 Å². The number of hydrogen-bond acceptors (Lipinski definition) is 7. The minimum absolute atomic E-state index is 0.0692. The average Bonchev–Trinajstić information content (AvgIpc) is 2.92. The van der Waals surface area contributed by atoms with Crippen LogP contribution in [0.1, 0.15) is 15.9 Å². The molecule has 4 atom stereocenters. The van der Waals surface area contributed by atoms with Crippen LogP contribution in [0.15, 0.2) is 18.2 Å². The summed E-state index contributed by atoms with van der Waals surface area (Å²) in [5, 5.41) is 29.5. The van der Waals surface area contributed by atoms with Gasteiger partial charge in [-0.2, -0.15) is 0 Å². The molecule has 1 aromatic rings. The number of rotatable bonds is 0. The molecule has 0 amide bonds. The predicted octanol–water partition coefficient (Wildman–Crippen LogP) is -0.566. The Kier molecular flexibility index (Phi) is 2.53. The van der Waals surface area contributed by atoms with E-state index in [0.717, 1.165) is 0 Å². The summed E-state index contributed by atoms with van der Waals surface area (Å²) in [6, 6.07) is 3.13. The summed E-state index contributed by atoms with van der Waals surface area (Å²) in [5.41, 5.74) is 1.23. The summed E-state index contributed by atoms with van der Waals surface area (Å²) < 4.78 is 15.7. The van der Waals surface area contributed by atoms with Gasteiger partial charge in [-0.25, -0.2) is 4.79 Å². The first-order valence-electron chi connectivity index (χ1n) is 6.47. The molecule has 0 fully saturated rings. The Balaban J connectivity index is 1.90. The van der Waals surface area contributed by atoms with E-state index in [9.17, 15) is 20.1 Å². The molecule has 0 aromatic heterocycles. The largest absolute Gasteiger partial charge is 0.454 e. The van der Waals surface area contributed by atoms with Crippen molar-refractivity contribution in [3.63, 3.8) is 0 Å². The van der Waals surface area contributed by atoms with E-state index in [0.29, 0.717) is 22.6 Å². The van der Waals surface area contributed by atoms with Crippen molar-refractivity contribution in [3.8, 4) is 11.5 Å². The molecule has 0 bridgehead atoms. The van der Waals surface area contributed by atoms with Crippen molar-refractivity contribution in [1.82, 2.24) is 0 Å². The van der Waals surface area contributed by atoms with Crippen LogP contribution in [0.5, 0.6) is 11.5 Å². The van der Waals surface area contributed by atoms with Crippen LogP contribution in [0, 0.1) is 0 Å². The predicted molar refractivity (Wildman–Crippen MR) is 67.8 cm³/mol. The van der Waals surface area contributed by atoms with Gasteiger partial charge >= 0.3 is 5.97 Å². The Hall–Kier alpha value is -2.09. The van der Waals surface area contributed by atoms with Gasteiger partial charge in [-0.15, -0.1) is 0 Å². The maximum Gasteiger partial charge on any atom is 0.339 e. The number of aliphatic hydroxyl groups excluding tert-OH is 3. The number of carbonyl (C=O) groups excluding carboxylic acids is 1. The van der Waals surface area contributed by atoms with Gasteiger partial charge < -0.3 is 29.5 Å². The topological polar surface area (TPSA) is 105 Å². The maximum absolute atomic E-state index is 12.1. The minimum Gasteiger partial charge on any atom is -0.454 e. The van der Waals surface area contributed by atoms with E-state index in [1.165, 1.54) is 12.1 Å². The zero-order valence-electron chi connectivity index (χ0n) is 10.7. The summed E-state index contributed by atoms with van der Waals surface area (Å²) in [6.45, 7) is 0.0692. The highest BCUT2D eigenvalue weighted by atomic mass is 16.7.